The lowest BCUT2D eigenvalue weighted by atomic mass is 10.1. The van der Waals surface area contributed by atoms with E-state index in [4.69, 9.17) is 9.47 Å². The number of nitro benzene ring substituents is 1. The molecule has 0 unspecified atom stereocenters. The van der Waals surface area contributed by atoms with Crippen molar-refractivity contribution in [2.75, 3.05) is 6.79 Å². The van der Waals surface area contributed by atoms with Crippen LogP contribution >= 0.6 is 15.9 Å². The number of rotatable bonds is 3. The van der Waals surface area contributed by atoms with E-state index in [-0.39, 0.29) is 12.5 Å². The Morgan fingerprint density at radius 1 is 1.27 bits per heavy atom. The number of ether oxygens (including phenoxy) is 2. The van der Waals surface area contributed by atoms with Gasteiger partial charge in [-0.05, 0) is 30.7 Å². The van der Waals surface area contributed by atoms with Crippen LogP contribution in [0, 0.1) is 17.0 Å². The molecule has 6 nitrogen and oxygen atoms in total. The van der Waals surface area contributed by atoms with Crippen LogP contribution < -0.4 is 9.47 Å². The summed E-state index contributed by atoms with van der Waals surface area (Å²) >= 11 is 3.43. The molecule has 0 aromatic heterocycles. The molecule has 0 radical (unpaired) electrons. The number of benzene rings is 2. The molecule has 0 saturated carbocycles. The van der Waals surface area contributed by atoms with Crippen LogP contribution in [0.3, 0.4) is 0 Å². The van der Waals surface area contributed by atoms with Crippen LogP contribution in [0.15, 0.2) is 39.8 Å². The molecule has 0 spiro atoms. The molecule has 2 aromatic carbocycles. The summed E-state index contributed by atoms with van der Waals surface area (Å²) in [6.45, 7) is 2.04. The third-order valence-electron chi connectivity index (χ3n) is 3.23. The molecule has 0 bridgehead atoms. The fourth-order valence-electron chi connectivity index (χ4n) is 2.01. The van der Waals surface area contributed by atoms with Crippen molar-refractivity contribution in [1.29, 1.82) is 0 Å². The van der Waals surface area contributed by atoms with Gasteiger partial charge in [-0.1, -0.05) is 22.0 Å². The van der Waals surface area contributed by atoms with E-state index in [1.165, 1.54) is 12.3 Å². The van der Waals surface area contributed by atoms with Gasteiger partial charge in [-0.15, -0.1) is 0 Å². The molecule has 1 aliphatic heterocycles. The molecule has 112 valence electrons. The lowest BCUT2D eigenvalue weighted by Crippen LogP contribution is -1.94. The SMILES string of the molecule is Cc1ccc(N=Cc2cc3c(cc2[N+](=O)[O-])OCO3)cc1Br. The van der Waals surface area contributed by atoms with Crippen LogP contribution in [0.5, 0.6) is 11.5 Å². The summed E-state index contributed by atoms with van der Waals surface area (Å²) in [5, 5.41) is 11.2. The zero-order valence-electron chi connectivity index (χ0n) is 11.6. The standard InChI is InChI=1S/C15H11BrN2O4/c1-9-2-3-11(5-12(9)16)17-7-10-4-14-15(22-8-21-14)6-13(10)18(19)20/h2-7H,8H2,1H3. The van der Waals surface area contributed by atoms with E-state index < -0.39 is 4.92 Å². The van der Waals surface area contributed by atoms with E-state index >= 15 is 0 Å². The Morgan fingerprint density at radius 3 is 2.68 bits per heavy atom. The predicted molar refractivity (Wildman–Crippen MR) is 85.4 cm³/mol. The summed E-state index contributed by atoms with van der Waals surface area (Å²) in [4.78, 5) is 15.0. The van der Waals surface area contributed by atoms with E-state index in [2.05, 4.69) is 20.9 Å². The highest BCUT2D eigenvalue weighted by Gasteiger charge is 2.22. The van der Waals surface area contributed by atoms with Crippen LogP contribution in [0.4, 0.5) is 11.4 Å². The van der Waals surface area contributed by atoms with Gasteiger partial charge in [0.1, 0.15) is 0 Å². The number of hydrogen-bond acceptors (Lipinski definition) is 5. The minimum atomic E-state index is -0.464. The fourth-order valence-corrected chi connectivity index (χ4v) is 2.38. The number of nitro groups is 1. The third kappa shape index (κ3) is 2.80. The van der Waals surface area contributed by atoms with Crippen LogP contribution in [0.25, 0.3) is 0 Å². The highest BCUT2D eigenvalue weighted by molar-refractivity contribution is 9.10. The van der Waals surface area contributed by atoms with E-state index in [1.54, 1.807) is 6.07 Å². The Morgan fingerprint density at radius 2 is 2.00 bits per heavy atom. The minimum Gasteiger partial charge on any atom is -0.454 e. The van der Waals surface area contributed by atoms with Gasteiger partial charge in [0.2, 0.25) is 6.79 Å². The summed E-state index contributed by atoms with van der Waals surface area (Å²) in [6, 6.07) is 8.53. The van der Waals surface area contributed by atoms with E-state index in [9.17, 15) is 10.1 Å². The van der Waals surface area contributed by atoms with Crippen molar-refractivity contribution < 1.29 is 14.4 Å². The molecule has 22 heavy (non-hydrogen) atoms. The number of aliphatic imine (C=N–C) groups is 1. The van der Waals surface area contributed by atoms with Crippen molar-refractivity contribution in [2.24, 2.45) is 4.99 Å². The zero-order chi connectivity index (χ0) is 15.7. The van der Waals surface area contributed by atoms with Gasteiger partial charge in [-0.3, -0.25) is 15.1 Å². The summed E-state index contributed by atoms with van der Waals surface area (Å²) in [6.07, 6.45) is 1.46. The topological polar surface area (TPSA) is 74.0 Å². The van der Waals surface area contributed by atoms with E-state index in [0.29, 0.717) is 22.7 Å². The van der Waals surface area contributed by atoms with Crippen LogP contribution in [0.2, 0.25) is 0 Å². The van der Waals surface area contributed by atoms with Gasteiger partial charge in [0.15, 0.2) is 11.5 Å². The Balaban J connectivity index is 1.98. The van der Waals surface area contributed by atoms with Crippen molar-refractivity contribution in [3.05, 3.63) is 56.0 Å². The molecule has 1 aliphatic rings. The van der Waals surface area contributed by atoms with Gasteiger partial charge in [0.05, 0.1) is 22.2 Å². The summed E-state index contributed by atoms with van der Waals surface area (Å²) in [5.41, 5.74) is 2.09. The largest absolute Gasteiger partial charge is 0.454 e. The summed E-state index contributed by atoms with van der Waals surface area (Å²) in [7, 11) is 0. The molecular weight excluding hydrogens is 352 g/mol. The fraction of sp³-hybridized carbons (Fsp3) is 0.133. The van der Waals surface area contributed by atoms with Crippen molar-refractivity contribution in [2.45, 2.75) is 6.92 Å². The molecule has 0 fully saturated rings. The van der Waals surface area contributed by atoms with Crippen LogP contribution in [-0.4, -0.2) is 17.9 Å². The first-order valence-corrected chi connectivity index (χ1v) is 7.22. The quantitative estimate of drug-likeness (QED) is 0.467. The predicted octanol–water partition coefficient (Wildman–Crippen LogP) is 4.15. The molecule has 0 atom stereocenters. The van der Waals surface area contributed by atoms with Crippen molar-refractivity contribution in [3.63, 3.8) is 0 Å². The third-order valence-corrected chi connectivity index (χ3v) is 4.08. The molecular formula is C15H11BrN2O4. The van der Waals surface area contributed by atoms with Gasteiger partial charge in [0.25, 0.3) is 5.69 Å². The minimum absolute atomic E-state index is 0.0675. The number of aryl methyl sites for hydroxylation is 1. The van der Waals surface area contributed by atoms with Gasteiger partial charge >= 0.3 is 0 Å². The number of hydrogen-bond donors (Lipinski definition) is 0. The molecule has 0 aliphatic carbocycles. The number of nitrogens with zero attached hydrogens (tertiary/aromatic N) is 2. The average Bonchev–Trinajstić information content (AvgIpc) is 2.94. The zero-order valence-corrected chi connectivity index (χ0v) is 13.2. The van der Waals surface area contributed by atoms with Crippen molar-refractivity contribution >= 4 is 33.5 Å². The first kappa shape index (κ1) is 14.5. The lowest BCUT2D eigenvalue weighted by Gasteiger charge is -2.01. The maximum atomic E-state index is 11.2. The van der Waals surface area contributed by atoms with Crippen molar-refractivity contribution in [1.82, 2.24) is 0 Å². The highest BCUT2D eigenvalue weighted by atomic mass is 79.9. The molecule has 3 rings (SSSR count). The Kier molecular flexibility index (Phi) is 3.81. The van der Waals surface area contributed by atoms with Gasteiger partial charge in [0, 0.05) is 10.7 Å². The second-order valence-corrected chi connectivity index (χ2v) is 5.57. The van der Waals surface area contributed by atoms with Gasteiger partial charge in [-0.25, -0.2) is 0 Å². The normalized spacial score (nSPS) is 12.8. The van der Waals surface area contributed by atoms with Crippen LogP contribution in [0.1, 0.15) is 11.1 Å². The van der Waals surface area contributed by atoms with Gasteiger partial charge in [-0.2, -0.15) is 0 Å². The van der Waals surface area contributed by atoms with Crippen molar-refractivity contribution in [3.8, 4) is 11.5 Å². The second-order valence-electron chi connectivity index (χ2n) is 4.71. The molecule has 2 aromatic rings. The maximum absolute atomic E-state index is 11.2. The van der Waals surface area contributed by atoms with E-state index in [1.807, 2.05) is 25.1 Å². The molecule has 1 heterocycles. The molecule has 0 N–H and O–H groups in total. The number of halogens is 1. The molecule has 0 saturated heterocycles. The second kappa shape index (κ2) is 5.76. The maximum Gasteiger partial charge on any atom is 0.282 e. The van der Waals surface area contributed by atoms with E-state index in [0.717, 1.165) is 10.0 Å². The molecule has 0 amide bonds. The smallest absolute Gasteiger partial charge is 0.282 e. The summed E-state index contributed by atoms with van der Waals surface area (Å²) in [5.74, 6) is 0.860. The first-order chi connectivity index (χ1) is 10.5. The first-order valence-electron chi connectivity index (χ1n) is 6.43. The summed E-state index contributed by atoms with van der Waals surface area (Å²) < 4.78 is 11.3. The highest BCUT2D eigenvalue weighted by Crippen LogP contribution is 2.37. The Hall–Kier alpha value is -2.41. The number of fused-ring (bicyclic) bond motifs is 1. The van der Waals surface area contributed by atoms with Gasteiger partial charge < -0.3 is 9.47 Å². The molecule has 7 heteroatoms. The van der Waals surface area contributed by atoms with Crippen LogP contribution in [-0.2, 0) is 0 Å². The average molecular weight is 363 g/mol. The monoisotopic (exact) mass is 362 g/mol. The Bertz CT molecular complexity index is 789. The lowest BCUT2D eigenvalue weighted by molar-refractivity contribution is -0.385. The Labute approximate surface area is 134 Å².